The molecule has 0 aromatic rings. The van der Waals surface area contributed by atoms with Crippen LogP contribution in [-0.2, 0) is 4.79 Å². The molecule has 3 nitrogen and oxygen atoms in total. The van der Waals surface area contributed by atoms with E-state index in [0.717, 1.165) is 5.92 Å². The topological polar surface area (TPSA) is 32.3 Å². The van der Waals surface area contributed by atoms with Gasteiger partial charge in [0.05, 0.1) is 6.54 Å². The Hall–Kier alpha value is -0.570. The highest BCUT2D eigenvalue weighted by Gasteiger charge is 2.31. The Kier molecular flexibility index (Phi) is 3.09. The molecule has 1 unspecified atom stereocenters. The van der Waals surface area contributed by atoms with E-state index < -0.39 is 0 Å². The zero-order valence-electron chi connectivity index (χ0n) is 8.13. The van der Waals surface area contributed by atoms with Gasteiger partial charge in [-0.2, -0.15) is 0 Å². The lowest BCUT2D eigenvalue weighted by Crippen LogP contribution is -2.40. The monoisotopic (exact) mass is 170 g/mol. The number of carbonyl (C=O) groups excluding carboxylic acids is 1. The van der Waals surface area contributed by atoms with Crippen LogP contribution in [0.3, 0.4) is 0 Å². The number of nitrogens with zero attached hydrogens (tertiary/aromatic N) is 1. The average molecular weight is 170 g/mol. The van der Waals surface area contributed by atoms with Crippen LogP contribution in [0.15, 0.2) is 0 Å². The van der Waals surface area contributed by atoms with Gasteiger partial charge in [-0.15, -0.1) is 0 Å². The number of carbonyl (C=O) groups is 1. The first kappa shape index (κ1) is 9.52. The van der Waals surface area contributed by atoms with Gasteiger partial charge in [-0.25, -0.2) is 0 Å². The third-order valence-electron chi connectivity index (χ3n) is 2.64. The standard InChI is InChI=1S/C9H18N2O/c1-7(8-4-5-8)11(3)9(12)6-10-2/h7-8,10H,4-6H2,1-3H3. The molecule has 1 aliphatic rings. The molecule has 70 valence electrons. The molecule has 0 radical (unpaired) electrons. The van der Waals surface area contributed by atoms with E-state index in [0.29, 0.717) is 12.6 Å². The normalized spacial score (nSPS) is 18.9. The van der Waals surface area contributed by atoms with Crippen molar-refractivity contribution in [3.63, 3.8) is 0 Å². The lowest BCUT2D eigenvalue weighted by molar-refractivity contribution is -0.130. The number of likely N-dealkylation sites (N-methyl/N-ethyl adjacent to an activating group) is 2. The minimum atomic E-state index is 0.192. The Morgan fingerprint density at radius 1 is 1.67 bits per heavy atom. The van der Waals surface area contributed by atoms with Crippen molar-refractivity contribution in [1.29, 1.82) is 0 Å². The lowest BCUT2D eigenvalue weighted by atomic mass is 10.2. The van der Waals surface area contributed by atoms with Gasteiger partial charge in [0.25, 0.3) is 0 Å². The van der Waals surface area contributed by atoms with Crippen molar-refractivity contribution in [2.75, 3.05) is 20.6 Å². The molecule has 1 aliphatic carbocycles. The van der Waals surface area contributed by atoms with Crippen LogP contribution in [0.2, 0.25) is 0 Å². The van der Waals surface area contributed by atoms with E-state index in [9.17, 15) is 4.79 Å². The van der Waals surface area contributed by atoms with Gasteiger partial charge in [-0.05, 0) is 32.7 Å². The van der Waals surface area contributed by atoms with Crippen LogP contribution in [0.4, 0.5) is 0 Å². The molecule has 1 amide bonds. The predicted octanol–water partition coefficient (Wildman–Crippen LogP) is 0.463. The summed E-state index contributed by atoms with van der Waals surface area (Å²) in [6.45, 7) is 2.58. The fourth-order valence-corrected chi connectivity index (χ4v) is 1.40. The van der Waals surface area contributed by atoms with Crippen LogP contribution < -0.4 is 5.32 Å². The van der Waals surface area contributed by atoms with Gasteiger partial charge in [0.1, 0.15) is 0 Å². The summed E-state index contributed by atoms with van der Waals surface area (Å²) >= 11 is 0. The van der Waals surface area contributed by atoms with Crippen molar-refractivity contribution < 1.29 is 4.79 Å². The van der Waals surface area contributed by atoms with Crippen LogP contribution in [0.1, 0.15) is 19.8 Å². The quantitative estimate of drug-likeness (QED) is 0.665. The van der Waals surface area contributed by atoms with E-state index in [1.54, 1.807) is 7.05 Å². The smallest absolute Gasteiger partial charge is 0.236 e. The number of hydrogen-bond donors (Lipinski definition) is 1. The van der Waals surface area contributed by atoms with Gasteiger partial charge in [0, 0.05) is 13.1 Å². The maximum absolute atomic E-state index is 11.4. The Balaban J connectivity index is 2.33. The van der Waals surface area contributed by atoms with E-state index in [1.807, 2.05) is 11.9 Å². The highest BCUT2D eigenvalue weighted by atomic mass is 16.2. The molecular formula is C9H18N2O. The average Bonchev–Trinajstić information content (AvgIpc) is 2.84. The molecule has 1 rings (SSSR count). The van der Waals surface area contributed by atoms with E-state index in [1.165, 1.54) is 12.8 Å². The van der Waals surface area contributed by atoms with Crippen molar-refractivity contribution in [3.05, 3.63) is 0 Å². The summed E-state index contributed by atoms with van der Waals surface area (Å²) in [5.74, 6) is 0.952. The maximum Gasteiger partial charge on any atom is 0.236 e. The summed E-state index contributed by atoms with van der Waals surface area (Å²) in [6.07, 6.45) is 2.58. The van der Waals surface area contributed by atoms with Crippen molar-refractivity contribution in [3.8, 4) is 0 Å². The fraction of sp³-hybridized carbons (Fsp3) is 0.889. The Morgan fingerprint density at radius 2 is 2.25 bits per heavy atom. The van der Waals surface area contributed by atoms with Crippen LogP contribution >= 0.6 is 0 Å². The molecule has 0 saturated heterocycles. The second-order valence-corrected chi connectivity index (χ2v) is 3.61. The Bertz CT molecular complexity index is 166. The Labute approximate surface area is 74.1 Å². The SMILES string of the molecule is CNCC(=O)N(C)C(C)C1CC1. The van der Waals surface area contributed by atoms with Crippen LogP contribution in [0, 0.1) is 5.92 Å². The molecule has 0 bridgehead atoms. The highest BCUT2D eigenvalue weighted by Crippen LogP contribution is 2.34. The van der Waals surface area contributed by atoms with E-state index >= 15 is 0 Å². The summed E-state index contributed by atoms with van der Waals surface area (Å²) in [5.41, 5.74) is 0. The summed E-state index contributed by atoms with van der Waals surface area (Å²) in [4.78, 5) is 13.2. The van der Waals surface area contributed by atoms with Gasteiger partial charge in [-0.1, -0.05) is 0 Å². The highest BCUT2D eigenvalue weighted by molar-refractivity contribution is 5.78. The molecule has 0 aromatic heterocycles. The zero-order valence-corrected chi connectivity index (χ0v) is 8.13. The first-order valence-electron chi connectivity index (χ1n) is 4.57. The molecule has 0 spiro atoms. The van der Waals surface area contributed by atoms with Gasteiger partial charge in [-0.3, -0.25) is 4.79 Å². The van der Waals surface area contributed by atoms with Crippen molar-refractivity contribution in [2.24, 2.45) is 5.92 Å². The molecule has 3 heteroatoms. The summed E-state index contributed by atoms with van der Waals surface area (Å²) in [5, 5.41) is 2.87. The second-order valence-electron chi connectivity index (χ2n) is 3.61. The van der Waals surface area contributed by atoms with E-state index in [2.05, 4.69) is 12.2 Å². The van der Waals surface area contributed by atoms with Gasteiger partial charge in [0.2, 0.25) is 5.91 Å². The predicted molar refractivity (Wildman–Crippen MR) is 48.9 cm³/mol. The van der Waals surface area contributed by atoms with E-state index in [-0.39, 0.29) is 5.91 Å². The first-order chi connectivity index (χ1) is 5.66. The van der Waals surface area contributed by atoms with E-state index in [4.69, 9.17) is 0 Å². The van der Waals surface area contributed by atoms with Crippen molar-refractivity contribution in [1.82, 2.24) is 10.2 Å². The number of nitrogens with one attached hydrogen (secondary N) is 1. The minimum Gasteiger partial charge on any atom is -0.342 e. The third-order valence-corrected chi connectivity index (χ3v) is 2.64. The molecule has 0 aliphatic heterocycles. The van der Waals surface area contributed by atoms with Crippen molar-refractivity contribution in [2.45, 2.75) is 25.8 Å². The largest absolute Gasteiger partial charge is 0.342 e. The summed E-state index contributed by atoms with van der Waals surface area (Å²) in [7, 11) is 3.69. The van der Waals surface area contributed by atoms with Gasteiger partial charge < -0.3 is 10.2 Å². The van der Waals surface area contributed by atoms with Gasteiger partial charge >= 0.3 is 0 Å². The summed E-state index contributed by atoms with van der Waals surface area (Å²) < 4.78 is 0. The molecule has 0 heterocycles. The van der Waals surface area contributed by atoms with Gasteiger partial charge in [0.15, 0.2) is 0 Å². The Morgan fingerprint density at radius 3 is 2.67 bits per heavy atom. The lowest BCUT2D eigenvalue weighted by Gasteiger charge is -2.24. The van der Waals surface area contributed by atoms with Crippen LogP contribution in [0.5, 0.6) is 0 Å². The number of amides is 1. The maximum atomic E-state index is 11.4. The number of hydrogen-bond acceptors (Lipinski definition) is 2. The molecule has 1 N–H and O–H groups in total. The van der Waals surface area contributed by atoms with Crippen molar-refractivity contribution >= 4 is 5.91 Å². The minimum absolute atomic E-state index is 0.192. The molecule has 1 fully saturated rings. The molecule has 0 aromatic carbocycles. The molecule has 1 atom stereocenters. The fourth-order valence-electron chi connectivity index (χ4n) is 1.40. The molecule has 1 saturated carbocycles. The summed E-state index contributed by atoms with van der Waals surface area (Å²) in [6, 6.07) is 0.422. The van der Waals surface area contributed by atoms with Crippen LogP contribution in [0.25, 0.3) is 0 Å². The number of rotatable bonds is 4. The first-order valence-corrected chi connectivity index (χ1v) is 4.57. The second kappa shape index (κ2) is 3.90. The van der Waals surface area contributed by atoms with Crippen LogP contribution in [-0.4, -0.2) is 37.5 Å². The third kappa shape index (κ3) is 2.21. The molecular weight excluding hydrogens is 152 g/mol. The molecule has 12 heavy (non-hydrogen) atoms. The zero-order chi connectivity index (χ0) is 9.14.